The summed E-state index contributed by atoms with van der Waals surface area (Å²) in [6, 6.07) is 5.39. The Morgan fingerprint density at radius 1 is 1.19 bits per heavy atom. The Hall–Kier alpha value is -1.97. The number of benzene rings is 1. The van der Waals surface area contributed by atoms with Crippen LogP contribution >= 0.6 is 11.8 Å². The summed E-state index contributed by atoms with van der Waals surface area (Å²) < 4.78 is 55.6. The zero-order valence-electron chi connectivity index (χ0n) is 10.5. The molecule has 0 atom stereocenters. The third-order valence-electron chi connectivity index (χ3n) is 2.31. The molecule has 0 bridgehead atoms. The van der Waals surface area contributed by atoms with Gasteiger partial charge in [-0.3, -0.25) is 0 Å². The summed E-state index contributed by atoms with van der Waals surface area (Å²) in [4.78, 5) is 0. The van der Waals surface area contributed by atoms with Crippen molar-refractivity contribution in [2.24, 2.45) is 0 Å². The lowest BCUT2D eigenvalue weighted by Gasteiger charge is -2.07. The van der Waals surface area contributed by atoms with Gasteiger partial charge in [0.25, 0.3) is 5.82 Å². The number of nitrogens with zero attached hydrogens (tertiary/aromatic N) is 3. The molecule has 21 heavy (non-hydrogen) atoms. The van der Waals surface area contributed by atoms with Crippen LogP contribution in [0.15, 0.2) is 29.4 Å². The van der Waals surface area contributed by atoms with Crippen molar-refractivity contribution in [3.63, 3.8) is 0 Å². The van der Waals surface area contributed by atoms with Crippen molar-refractivity contribution in [3.05, 3.63) is 35.9 Å². The fourth-order valence-corrected chi connectivity index (χ4v) is 2.07. The predicted molar refractivity (Wildman–Crippen MR) is 67.8 cm³/mol. The van der Waals surface area contributed by atoms with E-state index in [2.05, 4.69) is 10.2 Å². The molecule has 0 unspecified atom stereocenters. The molecule has 0 aliphatic carbocycles. The van der Waals surface area contributed by atoms with E-state index in [-0.39, 0.29) is 17.6 Å². The van der Waals surface area contributed by atoms with Gasteiger partial charge >= 0.3 is 6.18 Å². The molecule has 1 aromatic heterocycles. The molecule has 2 aromatic rings. The van der Waals surface area contributed by atoms with E-state index < -0.39 is 12.0 Å². The summed E-state index contributed by atoms with van der Waals surface area (Å²) in [5.41, 5.74) is 0. The number of rotatable bonds is 5. The minimum absolute atomic E-state index is 0.0648. The second-order valence-corrected chi connectivity index (χ2v) is 4.89. The van der Waals surface area contributed by atoms with Crippen molar-refractivity contribution in [2.45, 2.75) is 11.3 Å². The van der Waals surface area contributed by atoms with Gasteiger partial charge in [0.1, 0.15) is 11.6 Å². The highest BCUT2D eigenvalue weighted by molar-refractivity contribution is 7.99. The van der Waals surface area contributed by atoms with Gasteiger partial charge in [0.15, 0.2) is 0 Å². The number of aromatic nitrogens is 3. The highest BCUT2D eigenvalue weighted by Crippen LogP contribution is 2.28. The fourth-order valence-electron chi connectivity index (χ4n) is 1.39. The van der Waals surface area contributed by atoms with Gasteiger partial charge in [-0.1, -0.05) is 11.8 Å². The topological polar surface area (TPSA) is 66.0 Å². The molecule has 2 N–H and O–H groups in total. The lowest BCUT2D eigenvalue weighted by Crippen LogP contribution is -2.21. The average molecular weight is 322 g/mol. The highest BCUT2D eigenvalue weighted by atomic mass is 32.2. The van der Waals surface area contributed by atoms with Crippen molar-refractivity contribution in [2.75, 3.05) is 18.2 Å². The molecule has 5 nitrogen and oxygen atoms in total. The van der Waals surface area contributed by atoms with Crippen LogP contribution in [0.25, 0.3) is 0 Å². The minimum Gasteiger partial charge on any atom is -0.493 e. The lowest BCUT2D eigenvalue weighted by molar-refractivity contribution is -0.146. The molecule has 0 fully saturated rings. The van der Waals surface area contributed by atoms with E-state index >= 15 is 0 Å². The largest absolute Gasteiger partial charge is 0.493 e. The number of nitrogens with two attached hydrogens (primary N) is 1. The molecule has 0 aliphatic rings. The minimum atomic E-state index is -4.65. The Labute approximate surface area is 121 Å². The molecular weight excluding hydrogens is 312 g/mol. The van der Waals surface area contributed by atoms with E-state index in [1.807, 2.05) is 0 Å². The van der Waals surface area contributed by atoms with Crippen molar-refractivity contribution in [3.8, 4) is 5.75 Å². The van der Waals surface area contributed by atoms with Gasteiger partial charge < -0.3 is 10.6 Å². The van der Waals surface area contributed by atoms with Crippen molar-refractivity contribution < 1.29 is 22.3 Å². The first-order chi connectivity index (χ1) is 9.88. The number of hydrogen-bond acceptors (Lipinski definition) is 5. The SMILES string of the molecule is Nn1c(SCCOc2ccc(F)cc2)nnc1C(F)(F)F. The Kier molecular flexibility index (Phi) is 4.56. The normalized spacial score (nSPS) is 11.6. The van der Waals surface area contributed by atoms with Crippen LogP contribution < -0.4 is 10.6 Å². The van der Waals surface area contributed by atoms with E-state index in [0.29, 0.717) is 16.2 Å². The van der Waals surface area contributed by atoms with E-state index in [9.17, 15) is 17.6 Å². The maximum absolute atomic E-state index is 12.7. The van der Waals surface area contributed by atoms with Gasteiger partial charge in [-0.2, -0.15) is 13.2 Å². The average Bonchev–Trinajstić information content (AvgIpc) is 2.78. The molecule has 2 rings (SSSR count). The maximum Gasteiger partial charge on any atom is 0.453 e. The molecule has 1 heterocycles. The second kappa shape index (κ2) is 6.20. The lowest BCUT2D eigenvalue weighted by atomic mass is 10.3. The Morgan fingerprint density at radius 2 is 1.86 bits per heavy atom. The van der Waals surface area contributed by atoms with Gasteiger partial charge in [0, 0.05) is 5.75 Å². The van der Waals surface area contributed by atoms with Crippen molar-refractivity contribution in [1.82, 2.24) is 14.9 Å². The molecule has 1 aromatic carbocycles. The monoisotopic (exact) mass is 322 g/mol. The number of ether oxygens (including phenoxy) is 1. The van der Waals surface area contributed by atoms with Gasteiger partial charge in [0.2, 0.25) is 5.16 Å². The van der Waals surface area contributed by atoms with Crippen LogP contribution in [-0.2, 0) is 6.18 Å². The first kappa shape index (κ1) is 15.4. The van der Waals surface area contributed by atoms with Crippen LogP contribution in [0.4, 0.5) is 17.6 Å². The zero-order chi connectivity index (χ0) is 15.5. The van der Waals surface area contributed by atoms with Crippen molar-refractivity contribution in [1.29, 1.82) is 0 Å². The van der Waals surface area contributed by atoms with Gasteiger partial charge in [-0.25, -0.2) is 9.07 Å². The van der Waals surface area contributed by atoms with Crippen LogP contribution in [0.2, 0.25) is 0 Å². The van der Waals surface area contributed by atoms with Crippen molar-refractivity contribution >= 4 is 11.8 Å². The van der Waals surface area contributed by atoms with E-state index in [1.54, 1.807) is 0 Å². The molecular formula is C11H10F4N4OS. The van der Waals surface area contributed by atoms with Crippen LogP contribution in [0.1, 0.15) is 5.82 Å². The van der Waals surface area contributed by atoms with Crippen LogP contribution in [-0.4, -0.2) is 27.2 Å². The number of nitrogen functional groups attached to an aromatic ring is 1. The summed E-state index contributed by atoms with van der Waals surface area (Å²) in [7, 11) is 0. The van der Waals surface area contributed by atoms with Gasteiger partial charge in [-0.05, 0) is 24.3 Å². The molecule has 0 spiro atoms. The van der Waals surface area contributed by atoms with E-state index in [1.165, 1.54) is 24.3 Å². The van der Waals surface area contributed by atoms with Gasteiger partial charge in [-0.15, -0.1) is 10.2 Å². The number of thioether (sulfide) groups is 1. The van der Waals surface area contributed by atoms with Gasteiger partial charge in [0.05, 0.1) is 6.61 Å². The molecule has 0 radical (unpaired) electrons. The number of halogens is 4. The summed E-state index contributed by atoms with van der Waals surface area (Å²) in [6.07, 6.45) is -4.65. The molecule has 10 heteroatoms. The smallest absolute Gasteiger partial charge is 0.453 e. The third-order valence-corrected chi connectivity index (χ3v) is 3.22. The summed E-state index contributed by atoms with van der Waals surface area (Å²) >= 11 is 0.972. The molecule has 114 valence electrons. The summed E-state index contributed by atoms with van der Waals surface area (Å²) in [6.45, 7) is 0.199. The molecule has 0 saturated heterocycles. The molecule has 0 saturated carbocycles. The quantitative estimate of drug-likeness (QED) is 0.396. The standard InChI is InChI=1S/C11H10F4N4OS/c12-7-1-3-8(4-2-7)20-5-6-21-10-18-17-9(19(10)16)11(13,14)15/h1-4H,5-6,16H2. The first-order valence-corrected chi connectivity index (χ1v) is 6.65. The highest BCUT2D eigenvalue weighted by Gasteiger charge is 2.38. The molecule has 0 amide bonds. The van der Waals surface area contributed by atoms with Crippen LogP contribution in [0, 0.1) is 5.82 Å². The second-order valence-electron chi connectivity index (χ2n) is 3.82. The van der Waals surface area contributed by atoms with Crippen LogP contribution in [0.5, 0.6) is 5.75 Å². The third kappa shape index (κ3) is 4.00. The zero-order valence-corrected chi connectivity index (χ0v) is 11.3. The predicted octanol–water partition coefficient (Wildman–Crippen LogP) is 2.32. The fraction of sp³-hybridized carbons (Fsp3) is 0.273. The van der Waals surface area contributed by atoms with E-state index in [4.69, 9.17) is 10.6 Å². The number of hydrogen-bond donors (Lipinski definition) is 1. The molecule has 0 aliphatic heterocycles. The summed E-state index contributed by atoms with van der Waals surface area (Å²) in [5.74, 6) is 4.40. The maximum atomic E-state index is 12.7. The Balaban J connectivity index is 1.84. The van der Waals surface area contributed by atoms with Crippen LogP contribution in [0.3, 0.4) is 0 Å². The first-order valence-electron chi connectivity index (χ1n) is 5.67. The summed E-state index contributed by atoms with van der Waals surface area (Å²) in [5, 5.41) is 6.29. The number of alkyl halides is 3. The Bertz CT molecular complexity index is 599. The Morgan fingerprint density at radius 3 is 2.43 bits per heavy atom. The van der Waals surface area contributed by atoms with E-state index in [0.717, 1.165) is 11.8 Å².